The number of nitrogens with zero attached hydrogens (tertiary/aromatic N) is 1. The molecule has 0 saturated heterocycles. The lowest BCUT2D eigenvalue weighted by Crippen LogP contribution is -2.20. The molecule has 4 nitrogen and oxygen atoms in total. The molecule has 2 rings (SSSR count). The van der Waals surface area contributed by atoms with Crippen LogP contribution in [0, 0.1) is 0 Å². The summed E-state index contributed by atoms with van der Waals surface area (Å²) in [5, 5.41) is 11.2. The molecule has 0 amide bonds. The zero-order valence-corrected chi connectivity index (χ0v) is 15.1. The van der Waals surface area contributed by atoms with E-state index in [1.807, 2.05) is 13.8 Å². The highest BCUT2D eigenvalue weighted by atomic mass is 35.5. The smallest absolute Gasteiger partial charge is 0.137 e. The van der Waals surface area contributed by atoms with Crippen LogP contribution in [-0.4, -0.2) is 16.2 Å². The molecule has 0 radical (unpaired) electrons. The van der Waals surface area contributed by atoms with E-state index in [4.69, 9.17) is 33.7 Å². The van der Waals surface area contributed by atoms with E-state index >= 15 is 0 Å². The van der Waals surface area contributed by atoms with Crippen LogP contribution < -0.4 is 10.5 Å². The monoisotopic (exact) mass is 376 g/mol. The summed E-state index contributed by atoms with van der Waals surface area (Å²) in [6.07, 6.45) is 0.682. The second-order valence-electron chi connectivity index (χ2n) is 5.23. The molecule has 126 valence electrons. The van der Waals surface area contributed by atoms with Crippen molar-refractivity contribution >= 4 is 35.6 Å². The summed E-state index contributed by atoms with van der Waals surface area (Å²) in [6, 6.07) is 7.83. The molecule has 1 heterocycles. The third-order valence-electron chi connectivity index (χ3n) is 3.10. The Morgan fingerprint density at radius 2 is 1.83 bits per heavy atom. The van der Waals surface area contributed by atoms with E-state index in [9.17, 15) is 5.11 Å². The van der Waals surface area contributed by atoms with Crippen molar-refractivity contribution in [1.29, 1.82) is 0 Å². The van der Waals surface area contributed by atoms with Gasteiger partial charge in [0.25, 0.3) is 0 Å². The molecule has 2 atom stereocenters. The summed E-state index contributed by atoms with van der Waals surface area (Å²) in [7, 11) is 0. The maximum Gasteiger partial charge on any atom is 0.137 e. The van der Waals surface area contributed by atoms with Gasteiger partial charge in [-0.3, -0.25) is 4.98 Å². The van der Waals surface area contributed by atoms with Crippen LogP contribution in [0.15, 0.2) is 36.5 Å². The topological polar surface area (TPSA) is 68.4 Å². The third kappa shape index (κ3) is 5.23. The molecule has 1 aromatic carbocycles. The van der Waals surface area contributed by atoms with Crippen LogP contribution in [0.3, 0.4) is 0 Å². The first-order valence-corrected chi connectivity index (χ1v) is 7.65. The maximum absolute atomic E-state index is 10.4. The normalized spacial score (nSPS) is 13.3. The fourth-order valence-electron chi connectivity index (χ4n) is 1.99. The fraction of sp³-hybridized carbons (Fsp3) is 0.312. The number of rotatable bonds is 5. The van der Waals surface area contributed by atoms with E-state index in [-0.39, 0.29) is 18.5 Å². The zero-order valence-electron chi connectivity index (χ0n) is 12.7. The highest BCUT2D eigenvalue weighted by Crippen LogP contribution is 2.30. The van der Waals surface area contributed by atoms with E-state index in [1.54, 1.807) is 36.5 Å². The van der Waals surface area contributed by atoms with Crippen LogP contribution >= 0.6 is 35.6 Å². The predicted molar refractivity (Wildman–Crippen MR) is 95.6 cm³/mol. The van der Waals surface area contributed by atoms with Crippen molar-refractivity contribution in [2.75, 3.05) is 0 Å². The summed E-state index contributed by atoms with van der Waals surface area (Å²) < 4.78 is 5.52. The maximum atomic E-state index is 10.4. The summed E-state index contributed by atoms with van der Waals surface area (Å²) in [6.45, 7) is 3.87. The van der Waals surface area contributed by atoms with Crippen molar-refractivity contribution in [3.05, 3.63) is 57.8 Å². The minimum Gasteiger partial charge on any atom is -0.489 e. The van der Waals surface area contributed by atoms with Gasteiger partial charge in [-0.15, -0.1) is 12.4 Å². The lowest BCUT2D eigenvalue weighted by atomic mass is 10.00. The number of aliphatic hydroxyl groups excluding tert-OH is 1. The number of aliphatic hydroxyl groups is 1. The Kier molecular flexibility index (Phi) is 7.58. The molecular weight excluding hydrogens is 359 g/mol. The van der Waals surface area contributed by atoms with Crippen molar-refractivity contribution in [1.82, 2.24) is 4.98 Å². The second kappa shape index (κ2) is 8.71. The van der Waals surface area contributed by atoms with E-state index in [2.05, 4.69) is 4.98 Å². The van der Waals surface area contributed by atoms with Gasteiger partial charge >= 0.3 is 0 Å². The van der Waals surface area contributed by atoms with Crippen molar-refractivity contribution in [2.45, 2.75) is 32.1 Å². The Morgan fingerprint density at radius 3 is 2.35 bits per heavy atom. The van der Waals surface area contributed by atoms with Crippen molar-refractivity contribution in [3.63, 3.8) is 0 Å². The Morgan fingerprint density at radius 1 is 1.13 bits per heavy atom. The summed E-state index contributed by atoms with van der Waals surface area (Å²) in [5.41, 5.74) is 7.24. The minimum absolute atomic E-state index is 0. The minimum atomic E-state index is -0.953. The van der Waals surface area contributed by atoms with Gasteiger partial charge in [-0.1, -0.05) is 29.3 Å². The standard InChI is InChI=1S/C16H18Cl2N2O2.ClH/c1-9(2)22-11-4-6-14(20-8-11)16(21)15(19)10-3-5-12(17)13(18)7-10;/h3-9,15-16,21H,19H2,1-2H3;1H/t15-,16+;/m0./s1. The van der Waals surface area contributed by atoms with E-state index < -0.39 is 12.1 Å². The molecule has 0 saturated carbocycles. The van der Waals surface area contributed by atoms with Crippen LogP contribution in [0.4, 0.5) is 0 Å². The Balaban J connectivity index is 0.00000264. The van der Waals surface area contributed by atoms with Gasteiger partial charge in [-0.2, -0.15) is 0 Å². The SMILES string of the molecule is CC(C)Oc1ccc([C@@H](O)[C@@H](N)c2ccc(Cl)c(Cl)c2)nc1.Cl. The van der Waals surface area contributed by atoms with E-state index in [0.29, 0.717) is 27.1 Å². The molecule has 0 bridgehead atoms. The Labute approximate surface area is 152 Å². The first kappa shape index (κ1) is 20.0. The average molecular weight is 378 g/mol. The predicted octanol–water partition coefficient (Wildman–Crippen LogP) is 4.33. The van der Waals surface area contributed by atoms with E-state index in [0.717, 1.165) is 0 Å². The van der Waals surface area contributed by atoms with Crippen LogP contribution in [0.5, 0.6) is 5.75 Å². The van der Waals surface area contributed by atoms with Crippen LogP contribution in [-0.2, 0) is 0 Å². The van der Waals surface area contributed by atoms with Crippen LogP contribution in [0.2, 0.25) is 10.0 Å². The Bertz CT molecular complexity index is 636. The number of hydrogen-bond acceptors (Lipinski definition) is 4. The highest BCUT2D eigenvalue weighted by Gasteiger charge is 2.20. The van der Waals surface area contributed by atoms with Crippen LogP contribution in [0.1, 0.15) is 37.3 Å². The van der Waals surface area contributed by atoms with Gasteiger partial charge in [0, 0.05) is 0 Å². The molecule has 0 aliphatic carbocycles. The molecule has 3 N–H and O–H groups in total. The summed E-state index contributed by atoms with van der Waals surface area (Å²) in [5.74, 6) is 0.647. The van der Waals surface area contributed by atoms with Crippen molar-refractivity contribution in [2.24, 2.45) is 5.73 Å². The first-order chi connectivity index (χ1) is 10.4. The van der Waals surface area contributed by atoms with Crippen molar-refractivity contribution in [3.8, 4) is 5.75 Å². The fourth-order valence-corrected chi connectivity index (χ4v) is 2.30. The van der Waals surface area contributed by atoms with Crippen molar-refractivity contribution < 1.29 is 9.84 Å². The first-order valence-electron chi connectivity index (χ1n) is 6.89. The lowest BCUT2D eigenvalue weighted by molar-refractivity contribution is 0.142. The molecule has 0 aliphatic heterocycles. The molecule has 2 aromatic rings. The summed E-state index contributed by atoms with van der Waals surface area (Å²) >= 11 is 11.9. The number of ether oxygens (including phenoxy) is 1. The van der Waals surface area contributed by atoms with Gasteiger partial charge in [-0.05, 0) is 43.7 Å². The largest absolute Gasteiger partial charge is 0.489 e. The molecule has 7 heteroatoms. The number of halogens is 3. The quantitative estimate of drug-likeness (QED) is 0.813. The second-order valence-corrected chi connectivity index (χ2v) is 6.04. The van der Waals surface area contributed by atoms with E-state index in [1.165, 1.54) is 0 Å². The zero-order chi connectivity index (χ0) is 16.3. The van der Waals surface area contributed by atoms with Crippen LogP contribution in [0.25, 0.3) is 0 Å². The molecule has 23 heavy (non-hydrogen) atoms. The number of pyridine rings is 1. The van der Waals surface area contributed by atoms with Gasteiger partial charge in [0.2, 0.25) is 0 Å². The van der Waals surface area contributed by atoms with Gasteiger partial charge in [0.15, 0.2) is 0 Å². The number of nitrogens with two attached hydrogens (primary N) is 1. The van der Waals surface area contributed by atoms with Gasteiger partial charge in [0.1, 0.15) is 11.9 Å². The number of benzene rings is 1. The average Bonchev–Trinajstić information content (AvgIpc) is 2.49. The third-order valence-corrected chi connectivity index (χ3v) is 3.84. The molecule has 0 unspecified atom stereocenters. The Hall–Kier alpha value is -1.04. The number of aromatic nitrogens is 1. The molecule has 0 aliphatic rings. The molecule has 1 aromatic heterocycles. The molecule has 0 fully saturated rings. The molecular formula is C16H19Cl3N2O2. The number of hydrogen-bond donors (Lipinski definition) is 2. The highest BCUT2D eigenvalue weighted by molar-refractivity contribution is 6.42. The summed E-state index contributed by atoms with van der Waals surface area (Å²) in [4.78, 5) is 4.20. The van der Waals surface area contributed by atoms with Gasteiger partial charge in [0.05, 0.1) is 34.1 Å². The lowest BCUT2D eigenvalue weighted by Gasteiger charge is -2.19. The van der Waals surface area contributed by atoms with Gasteiger partial charge in [-0.25, -0.2) is 0 Å². The molecule has 0 spiro atoms. The van der Waals surface area contributed by atoms with Gasteiger partial charge < -0.3 is 15.6 Å².